The van der Waals surface area contributed by atoms with Gasteiger partial charge in [-0.3, -0.25) is 19.3 Å². The van der Waals surface area contributed by atoms with Gasteiger partial charge >= 0.3 is 5.97 Å². The Balaban J connectivity index is 1.43. The summed E-state index contributed by atoms with van der Waals surface area (Å²) in [5, 5.41) is 13.0. The third-order valence-electron chi connectivity index (χ3n) is 5.49. The first-order valence-corrected chi connectivity index (χ1v) is 13.5. The number of hydrogen-bond acceptors (Lipinski definition) is 6. The second kappa shape index (κ2) is 11.1. The van der Waals surface area contributed by atoms with Crippen LogP contribution in [0.25, 0.3) is 0 Å². The molecule has 2 aliphatic heterocycles. The molecule has 2 aromatic rings. The highest BCUT2D eigenvalue weighted by molar-refractivity contribution is 8.00. The van der Waals surface area contributed by atoms with E-state index < -0.39 is 29.2 Å². The van der Waals surface area contributed by atoms with E-state index in [0.29, 0.717) is 31.8 Å². The number of rotatable bonds is 9. The van der Waals surface area contributed by atoms with Gasteiger partial charge < -0.3 is 16.2 Å². The Morgan fingerprint density at radius 3 is 2.78 bits per heavy atom. The lowest BCUT2D eigenvalue weighted by Crippen LogP contribution is -2.71. The first kappa shape index (κ1) is 26.3. The highest BCUT2D eigenvalue weighted by atomic mass is 35.5. The van der Waals surface area contributed by atoms with Gasteiger partial charge in [0.25, 0.3) is 5.91 Å². The Kier molecular flexibility index (Phi) is 8.13. The van der Waals surface area contributed by atoms with Crippen LogP contribution in [0.5, 0.6) is 0 Å². The molecule has 3 heterocycles. The van der Waals surface area contributed by atoms with Crippen LogP contribution in [-0.2, 0) is 32.1 Å². The number of halogens is 2. The fourth-order valence-electron chi connectivity index (χ4n) is 3.95. The number of pyridine rings is 1. The summed E-state index contributed by atoms with van der Waals surface area (Å²) in [4.78, 5) is 50.6. The normalized spacial score (nSPS) is 18.9. The molecular formula is C23H21Cl2N4O5S2+. The molecule has 1 aromatic heterocycles. The minimum atomic E-state index is -1.21. The Morgan fingerprint density at radius 2 is 2.06 bits per heavy atom. The van der Waals surface area contributed by atoms with E-state index in [9.17, 15) is 24.3 Å². The van der Waals surface area contributed by atoms with Crippen molar-refractivity contribution in [3.8, 4) is 0 Å². The maximum absolute atomic E-state index is 12.9. The Morgan fingerprint density at radius 1 is 1.28 bits per heavy atom. The predicted molar refractivity (Wildman–Crippen MR) is 136 cm³/mol. The summed E-state index contributed by atoms with van der Waals surface area (Å²) in [5.74, 6) is -2.15. The Hall–Kier alpha value is -2.73. The topological polar surface area (TPSA) is 134 Å². The van der Waals surface area contributed by atoms with Gasteiger partial charge in [-0.15, -0.1) is 23.5 Å². The molecule has 9 nitrogen and oxygen atoms in total. The van der Waals surface area contributed by atoms with Crippen molar-refractivity contribution in [2.45, 2.75) is 29.3 Å². The van der Waals surface area contributed by atoms with E-state index in [1.165, 1.54) is 28.4 Å². The zero-order valence-electron chi connectivity index (χ0n) is 18.6. The van der Waals surface area contributed by atoms with Crippen molar-refractivity contribution in [3.05, 3.63) is 69.6 Å². The molecule has 36 heavy (non-hydrogen) atoms. The molecule has 2 aliphatic rings. The monoisotopic (exact) mass is 567 g/mol. The molecule has 13 heteroatoms. The molecule has 1 saturated heterocycles. The van der Waals surface area contributed by atoms with Gasteiger partial charge in [0.1, 0.15) is 17.1 Å². The number of primary amides is 1. The molecule has 4 N–H and O–H groups in total. The van der Waals surface area contributed by atoms with Crippen molar-refractivity contribution in [2.24, 2.45) is 5.73 Å². The number of β-lactam (4-membered cyclic amide) rings is 1. The van der Waals surface area contributed by atoms with Crippen molar-refractivity contribution in [3.63, 3.8) is 0 Å². The summed E-state index contributed by atoms with van der Waals surface area (Å²) in [6, 6.07) is 7.62. The number of carbonyl (C=O) groups is 4. The van der Waals surface area contributed by atoms with Gasteiger partial charge in [0.05, 0.1) is 17.2 Å². The van der Waals surface area contributed by atoms with Crippen molar-refractivity contribution >= 4 is 70.4 Å². The zero-order chi connectivity index (χ0) is 26.0. The zero-order valence-corrected chi connectivity index (χ0v) is 21.8. The number of nitrogens with zero attached hydrogens (tertiary/aromatic N) is 2. The van der Waals surface area contributed by atoms with Crippen molar-refractivity contribution < 1.29 is 28.9 Å². The van der Waals surface area contributed by atoms with E-state index in [1.54, 1.807) is 47.3 Å². The largest absolute Gasteiger partial charge is 0.477 e. The number of benzene rings is 1. The van der Waals surface area contributed by atoms with E-state index in [2.05, 4.69) is 5.32 Å². The number of aromatic nitrogens is 1. The summed E-state index contributed by atoms with van der Waals surface area (Å²) < 4.78 is 1.75. The predicted octanol–water partition coefficient (Wildman–Crippen LogP) is 1.84. The number of aliphatic carboxylic acids is 1. The third kappa shape index (κ3) is 5.80. The second-order valence-corrected chi connectivity index (χ2v) is 11.1. The van der Waals surface area contributed by atoms with E-state index in [0.717, 1.165) is 0 Å². The quantitative estimate of drug-likeness (QED) is 0.239. The SMILES string of the molecule is NC(=O)Cc1ccc[n+](CC2=C(C(=O)O)N3C(=O)[C@@H](NC(=O)CSc4cc(Cl)ccc4Cl)[C@H]3SC2)c1. The molecule has 0 saturated carbocycles. The number of thioether (sulfide) groups is 2. The van der Waals surface area contributed by atoms with Gasteiger partial charge in [0.15, 0.2) is 18.9 Å². The molecule has 4 rings (SSSR count). The van der Waals surface area contributed by atoms with Crippen LogP contribution >= 0.6 is 46.7 Å². The number of carboxylic acid groups (broad SMARTS) is 1. The summed E-state index contributed by atoms with van der Waals surface area (Å²) in [6.45, 7) is 0.228. The molecule has 0 unspecified atom stereocenters. The van der Waals surface area contributed by atoms with Gasteiger partial charge in [-0.05, 0) is 24.3 Å². The molecule has 1 fully saturated rings. The van der Waals surface area contributed by atoms with Gasteiger partial charge in [0.2, 0.25) is 11.8 Å². The third-order valence-corrected chi connectivity index (χ3v) is 8.56. The van der Waals surface area contributed by atoms with E-state index in [4.69, 9.17) is 28.9 Å². The van der Waals surface area contributed by atoms with Crippen LogP contribution in [0.4, 0.5) is 0 Å². The van der Waals surface area contributed by atoms with Crippen LogP contribution in [0.3, 0.4) is 0 Å². The number of amides is 3. The van der Waals surface area contributed by atoms with E-state index in [-0.39, 0.29) is 30.3 Å². The van der Waals surface area contributed by atoms with E-state index >= 15 is 0 Å². The smallest absolute Gasteiger partial charge is 0.352 e. The summed E-state index contributed by atoms with van der Waals surface area (Å²) in [7, 11) is 0. The summed E-state index contributed by atoms with van der Waals surface area (Å²) in [6.07, 6.45) is 3.54. The standard InChI is InChI=1S/C23H20Cl2N4O5S2/c24-14-3-4-15(25)16(7-14)35-11-18(31)27-19-21(32)29-20(23(33)34)13(10-36-22(19)29)9-28-5-1-2-12(8-28)6-17(26)30/h1-5,7-8,19,22H,6,9-11H2,(H3-,26,27,30,31,33,34)/p+1/t19-,22-/m1/s1. The molecule has 0 spiro atoms. The number of carboxylic acids is 1. The van der Waals surface area contributed by atoms with Gasteiger partial charge in [0, 0.05) is 32.9 Å². The maximum Gasteiger partial charge on any atom is 0.352 e. The van der Waals surface area contributed by atoms with Gasteiger partial charge in [-0.25, -0.2) is 9.36 Å². The number of carbonyl (C=O) groups excluding carboxylic acids is 3. The van der Waals surface area contributed by atoms with Crippen molar-refractivity contribution in [2.75, 3.05) is 11.5 Å². The highest BCUT2D eigenvalue weighted by Crippen LogP contribution is 2.40. The van der Waals surface area contributed by atoms with Crippen LogP contribution in [-0.4, -0.2) is 56.6 Å². The van der Waals surface area contributed by atoms with Crippen molar-refractivity contribution in [1.82, 2.24) is 10.2 Å². The number of nitrogens with two attached hydrogens (primary N) is 1. The van der Waals surface area contributed by atoms with Crippen LogP contribution in [0.15, 0.2) is 58.9 Å². The average molecular weight is 568 g/mol. The van der Waals surface area contributed by atoms with E-state index in [1.807, 2.05) is 0 Å². The maximum atomic E-state index is 12.9. The lowest BCUT2D eigenvalue weighted by Gasteiger charge is -2.49. The number of hydrogen-bond donors (Lipinski definition) is 3. The molecule has 0 radical (unpaired) electrons. The number of nitrogens with one attached hydrogen (secondary N) is 1. The Labute approximate surface area is 225 Å². The molecule has 1 aromatic carbocycles. The lowest BCUT2D eigenvalue weighted by molar-refractivity contribution is -0.689. The fraction of sp³-hybridized carbons (Fsp3) is 0.261. The molecule has 188 valence electrons. The highest BCUT2D eigenvalue weighted by Gasteiger charge is 2.54. The van der Waals surface area contributed by atoms with Crippen LogP contribution in [0.2, 0.25) is 10.0 Å². The fourth-order valence-corrected chi connectivity index (χ4v) is 6.59. The minimum absolute atomic E-state index is 0.0202. The van der Waals surface area contributed by atoms with Crippen LogP contribution < -0.4 is 15.6 Å². The summed E-state index contributed by atoms with van der Waals surface area (Å²) >= 11 is 14.7. The molecular weight excluding hydrogens is 547 g/mol. The van der Waals surface area contributed by atoms with Gasteiger partial charge in [-0.2, -0.15) is 0 Å². The first-order valence-electron chi connectivity index (χ1n) is 10.7. The molecule has 2 atom stereocenters. The second-order valence-electron chi connectivity index (χ2n) is 8.10. The number of fused-ring (bicyclic) bond motifs is 1. The Bertz CT molecular complexity index is 1290. The minimum Gasteiger partial charge on any atom is -0.477 e. The molecule has 0 aliphatic carbocycles. The average Bonchev–Trinajstić information content (AvgIpc) is 2.82. The van der Waals surface area contributed by atoms with Crippen LogP contribution in [0.1, 0.15) is 5.56 Å². The van der Waals surface area contributed by atoms with Crippen LogP contribution in [0, 0.1) is 0 Å². The molecule has 0 bridgehead atoms. The summed E-state index contributed by atoms with van der Waals surface area (Å²) in [5.41, 5.74) is 6.43. The first-order chi connectivity index (χ1) is 17.1. The van der Waals surface area contributed by atoms with Gasteiger partial charge in [-0.1, -0.05) is 23.2 Å². The molecule has 3 amide bonds. The lowest BCUT2D eigenvalue weighted by atomic mass is 10.0. The van der Waals surface area contributed by atoms with Crippen molar-refractivity contribution in [1.29, 1.82) is 0 Å².